The molecule has 0 saturated heterocycles. The molecule has 3 aromatic carbocycles. The molecule has 2 amide bonds. The molecular weight excluding hydrogens is 326 g/mol. The summed E-state index contributed by atoms with van der Waals surface area (Å²) in [5.41, 5.74) is 8.65. The number of nitrogens with one attached hydrogen (secondary N) is 2. The maximum Gasteiger partial charge on any atom is 0.251 e. The molecule has 0 aliphatic heterocycles. The van der Waals surface area contributed by atoms with Crippen molar-refractivity contribution >= 4 is 23.2 Å². The molecule has 130 valence electrons. The molecular formula is C21H19N3O2. The summed E-state index contributed by atoms with van der Waals surface area (Å²) in [4.78, 5) is 23.9. The molecule has 0 radical (unpaired) electrons. The quantitative estimate of drug-likeness (QED) is 0.640. The van der Waals surface area contributed by atoms with Crippen LogP contribution in [0.1, 0.15) is 26.3 Å². The minimum absolute atomic E-state index is 0.166. The lowest BCUT2D eigenvalue weighted by Gasteiger charge is -2.11. The van der Waals surface area contributed by atoms with Crippen LogP contribution in [0.4, 0.5) is 11.4 Å². The van der Waals surface area contributed by atoms with Gasteiger partial charge in [-0.05, 0) is 35.9 Å². The standard InChI is InChI=1S/C21H19N3O2/c22-20(25)18-11-4-5-12-19(18)24-17-10-6-9-16(13-17)21(26)23-14-15-7-2-1-3-8-15/h1-13,24H,14H2,(H2,22,25)(H,23,26). The monoisotopic (exact) mass is 345 g/mol. The van der Waals surface area contributed by atoms with Crippen LogP contribution in [0.5, 0.6) is 0 Å². The highest BCUT2D eigenvalue weighted by Gasteiger charge is 2.09. The third-order valence-electron chi connectivity index (χ3n) is 3.89. The first-order valence-electron chi connectivity index (χ1n) is 8.21. The minimum atomic E-state index is -0.509. The van der Waals surface area contributed by atoms with E-state index in [0.29, 0.717) is 29.0 Å². The van der Waals surface area contributed by atoms with Gasteiger partial charge in [-0.15, -0.1) is 0 Å². The van der Waals surface area contributed by atoms with Crippen molar-refractivity contribution < 1.29 is 9.59 Å². The fraction of sp³-hybridized carbons (Fsp3) is 0.0476. The first-order chi connectivity index (χ1) is 12.6. The number of para-hydroxylation sites is 1. The molecule has 0 heterocycles. The molecule has 26 heavy (non-hydrogen) atoms. The molecule has 0 aliphatic rings. The lowest BCUT2D eigenvalue weighted by Crippen LogP contribution is -2.22. The average Bonchev–Trinajstić information content (AvgIpc) is 2.67. The number of nitrogens with two attached hydrogens (primary N) is 1. The summed E-state index contributed by atoms with van der Waals surface area (Å²) in [6.45, 7) is 0.460. The van der Waals surface area contributed by atoms with E-state index in [1.165, 1.54) is 0 Å². The van der Waals surface area contributed by atoms with Crippen molar-refractivity contribution in [1.29, 1.82) is 0 Å². The third kappa shape index (κ3) is 4.27. The number of carbonyl (C=O) groups is 2. The van der Waals surface area contributed by atoms with Gasteiger partial charge in [0, 0.05) is 17.8 Å². The van der Waals surface area contributed by atoms with Crippen LogP contribution < -0.4 is 16.4 Å². The molecule has 0 atom stereocenters. The SMILES string of the molecule is NC(=O)c1ccccc1Nc1cccc(C(=O)NCc2ccccc2)c1. The Morgan fingerprint density at radius 2 is 1.58 bits per heavy atom. The number of hydrogen-bond acceptors (Lipinski definition) is 3. The van der Waals surface area contributed by atoms with Gasteiger partial charge in [0.2, 0.25) is 0 Å². The van der Waals surface area contributed by atoms with Gasteiger partial charge in [-0.2, -0.15) is 0 Å². The molecule has 5 heteroatoms. The Balaban J connectivity index is 1.72. The van der Waals surface area contributed by atoms with Crippen molar-refractivity contribution in [3.05, 3.63) is 95.6 Å². The van der Waals surface area contributed by atoms with Gasteiger partial charge in [-0.25, -0.2) is 0 Å². The van der Waals surface area contributed by atoms with Crippen LogP contribution in [0.25, 0.3) is 0 Å². The fourth-order valence-corrected chi connectivity index (χ4v) is 2.58. The molecule has 0 aliphatic carbocycles. The second kappa shape index (κ2) is 7.98. The van der Waals surface area contributed by atoms with Gasteiger partial charge in [0.25, 0.3) is 11.8 Å². The van der Waals surface area contributed by atoms with Crippen molar-refractivity contribution in [2.75, 3.05) is 5.32 Å². The van der Waals surface area contributed by atoms with Crippen LogP contribution in [0, 0.1) is 0 Å². The van der Waals surface area contributed by atoms with E-state index in [2.05, 4.69) is 10.6 Å². The zero-order valence-electron chi connectivity index (χ0n) is 14.1. The highest BCUT2D eigenvalue weighted by atomic mass is 16.2. The van der Waals surface area contributed by atoms with Crippen molar-refractivity contribution in [3.8, 4) is 0 Å². The minimum Gasteiger partial charge on any atom is -0.366 e. The second-order valence-electron chi connectivity index (χ2n) is 5.78. The van der Waals surface area contributed by atoms with Crippen LogP contribution in [-0.2, 0) is 6.54 Å². The third-order valence-corrected chi connectivity index (χ3v) is 3.89. The van der Waals surface area contributed by atoms with E-state index in [9.17, 15) is 9.59 Å². The van der Waals surface area contributed by atoms with Gasteiger partial charge < -0.3 is 16.4 Å². The van der Waals surface area contributed by atoms with Crippen molar-refractivity contribution in [3.63, 3.8) is 0 Å². The van der Waals surface area contributed by atoms with Crippen molar-refractivity contribution in [1.82, 2.24) is 5.32 Å². The Labute approximate surface area is 151 Å². The highest BCUT2D eigenvalue weighted by Crippen LogP contribution is 2.21. The number of amides is 2. The van der Waals surface area contributed by atoms with E-state index >= 15 is 0 Å². The molecule has 4 N–H and O–H groups in total. The Bertz CT molecular complexity index is 923. The summed E-state index contributed by atoms with van der Waals surface area (Å²) < 4.78 is 0. The van der Waals surface area contributed by atoms with Gasteiger partial charge in [-0.3, -0.25) is 9.59 Å². The van der Waals surface area contributed by atoms with Crippen LogP contribution >= 0.6 is 0 Å². The van der Waals surface area contributed by atoms with Gasteiger partial charge in [0.1, 0.15) is 0 Å². The fourth-order valence-electron chi connectivity index (χ4n) is 2.58. The number of carbonyl (C=O) groups excluding carboxylic acids is 2. The summed E-state index contributed by atoms with van der Waals surface area (Å²) in [5.74, 6) is -0.675. The van der Waals surface area contributed by atoms with E-state index in [1.807, 2.05) is 42.5 Å². The molecule has 0 bridgehead atoms. The Morgan fingerprint density at radius 1 is 0.846 bits per heavy atom. The predicted octanol–water partition coefficient (Wildman–Crippen LogP) is 3.46. The number of rotatable bonds is 6. The van der Waals surface area contributed by atoms with Crippen LogP contribution in [-0.4, -0.2) is 11.8 Å². The molecule has 0 fully saturated rings. The molecule has 3 aromatic rings. The van der Waals surface area contributed by atoms with Crippen LogP contribution in [0.15, 0.2) is 78.9 Å². The van der Waals surface area contributed by atoms with Crippen LogP contribution in [0.3, 0.4) is 0 Å². The normalized spacial score (nSPS) is 10.2. The lowest BCUT2D eigenvalue weighted by molar-refractivity contribution is 0.0949. The molecule has 0 unspecified atom stereocenters. The van der Waals surface area contributed by atoms with Gasteiger partial charge in [-0.1, -0.05) is 48.5 Å². The molecule has 5 nitrogen and oxygen atoms in total. The summed E-state index contributed by atoms with van der Waals surface area (Å²) in [6, 6.07) is 23.8. The Kier molecular flexibility index (Phi) is 5.29. The van der Waals surface area contributed by atoms with E-state index in [0.717, 1.165) is 5.56 Å². The zero-order valence-corrected chi connectivity index (χ0v) is 14.1. The summed E-state index contributed by atoms with van der Waals surface area (Å²) in [5, 5.41) is 6.04. The zero-order chi connectivity index (χ0) is 18.4. The Morgan fingerprint density at radius 3 is 2.35 bits per heavy atom. The maximum absolute atomic E-state index is 12.4. The van der Waals surface area contributed by atoms with E-state index in [1.54, 1.807) is 36.4 Å². The van der Waals surface area contributed by atoms with E-state index in [-0.39, 0.29) is 5.91 Å². The average molecular weight is 345 g/mol. The number of hydrogen-bond donors (Lipinski definition) is 3. The lowest BCUT2D eigenvalue weighted by atomic mass is 10.1. The largest absolute Gasteiger partial charge is 0.366 e. The van der Waals surface area contributed by atoms with Crippen molar-refractivity contribution in [2.24, 2.45) is 5.73 Å². The number of anilines is 2. The smallest absolute Gasteiger partial charge is 0.251 e. The van der Waals surface area contributed by atoms with Gasteiger partial charge in [0.15, 0.2) is 0 Å². The summed E-state index contributed by atoms with van der Waals surface area (Å²) >= 11 is 0. The van der Waals surface area contributed by atoms with E-state index in [4.69, 9.17) is 5.73 Å². The molecule has 0 aromatic heterocycles. The summed E-state index contributed by atoms with van der Waals surface area (Å²) in [6.07, 6.45) is 0. The van der Waals surface area contributed by atoms with Crippen LogP contribution in [0.2, 0.25) is 0 Å². The van der Waals surface area contributed by atoms with E-state index < -0.39 is 5.91 Å². The predicted molar refractivity (Wildman–Crippen MR) is 102 cm³/mol. The molecule has 0 saturated carbocycles. The highest BCUT2D eigenvalue weighted by molar-refractivity contribution is 5.99. The molecule has 0 spiro atoms. The van der Waals surface area contributed by atoms with Crippen molar-refractivity contribution in [2.45, 2.75) is 6.54 Å². The number of primary amides is 1. The molecule has 3 rings (SSSR count). The maximum atomic E-state index is 12.4. The summed E-state index contributed by atoms with van der Waals surface area (Å²) in [7, 11) is 0. The number of benzene rings is 3. The van der Waals surface area contributed by atoms with Gasteiger partial charge in [0.05, 0.1) is 11.3 Å². The van der Waals surface area contributed by atoms with Gasteiger partial charge >= 0.3 is 0 Å². The topological polar surface area (TPSA) is 84.2 Å². The first-order valence-corrected chi connectivity index (χ1v) is 8.21. The first kappa shape index (κ1) is 17.2. The Hall–Kier alpha value is -3.60. The second-order valence-corrected chi connectivity index (χ2v) is 5.78.